The topological polar surface area (TPSA) is 68.5 Å². The normalized spacial score (nSPS) is 18.6. The third kappa shape index (κ3) is 3.53. The number of hydrogen-bond acceptors (Lipinski definition) is 6. The van der Waals surface area contributed by atoms with E-state index in [1.807, 2.05) is 11.0 Å². The lowest BCUT2D eigenvalue weighted by Gasteiger charge is -2.33. The zero-order valence-electron chi connectivity index (χ0n) is 12.5. The molecule has 2 aromatic rings. The van der Waals surface area contributed by atoms with Crippen LogP contribution in [0, 0.1) is 6.92 Å². The Morgan fingerprint density at radius 2 is 2.41 bits per heavy atom. The molecule has 1 aliphatic rings. The highest BCUT2D eigenvalue weighted by atomic mass is 32.1. The second kappa shape index (κ2) is 7.02. The summed E-state index contributed by atoms with van der Waals surface area (Å²) in [6.07, 6.45) is 2.33. The molecule has 1 fully saturated rings. The minimum atomic E-state index is -0.260. The Morgan fingerprint density at radius 3 is 3.14 bits per heavy atom. The summed E-state index contributed by atoms with van der Waals surface area (Å²) in [5.74, 6) is 1.09. The number of nitrogens with zero attached hydrogens (tertiary/aromatic N) is 3. The minimum absolute atomic E-state index is 0.126. The maximum Gasteiger partial charge on any atom is 0.241 e. The summed E-state index contributed by atoms with van der Waals surface area (Å²) in [5.41, 5.74) is 0. The van der Waals surface area contributed by atoms with E-state index in [-0.39, 0.29) is 11.9 Å². The van der Waals surface area contributed by atoms with Crippen molar-refractivity contribution in [2.24, 2.45) is 0 Å². The molecule has 0 saturated carbocycles. The van der Waals surface area contributed by atoms with Crippen LogP contribution in [0.5, 0.6) is 0 Å². The number of thiophene rings is 1. The summed E-state index contributed by atoms with van der Waals surface area (Å²) < 4.78 is 10.9. The van der Waals surface area contributed by atoms with Gasteiger partial charge in [0.2, 0.25) is 17.7 Å². The van der Waals surface area contributed by atoms with E-state index >= 15 is 0 Å². The average molecular weight is 321 g/mol. The van der Waals surface area contributed by atoms with Crippen LogP contribution in [0.4, 0.5) is 0 Å². The molecule has 22 heavy (non-hydrogen) atoms. The van der Waals surface area contributed by atoms with E-state index in [2.05, 4.69) is 21.6 Å². The van der Waals surface area contributed by atoms with Gasteiger partial charge in [-0.05, 0) is 24.3 Å². The Labute approximate surface area is 133 Å². The number of amides is 1. The van der Waals surface area contributed by atoms with E-state index in [9.17, 15) is 4.79 Å². The van der Waals surface area contributed by atoms with Gasteiger partial charge in [-0.25, -0.2) is 0 Å². The fraction of sp³-hybridized carbons (Fsp3) is 0.533. The Morgan fingerprint density at radius 1 is 1.50 bits per heavy atom. The lowest BCUT2D eigenvalue weighted by molar-refractivity contribution is -0.141. The monoisotopic (exact) mass is 321 g/mol. The molecule has 118 valence electrons. The molecule has 3 heterocycles. The zero-order valence-corrected chi connectivity index (χ0v) is 13.3. The molecule has 1 aliphatic heterocycles. The second-order valence-corrected chi connectivity index (χ2v) is 6.30. The number of aromatic nitrogens is 2. The summed E-state index contributed by atoms with van der Waals surface area (Å²) in [7, 11) is 0. The van der Waals surface area contributed by atoms with E-state index in [1.54, 1.807) is 18.3 Å². The van der Waals surface area contributed by atoms with Crippen molar-refractivity contribution in [3.05, 3.63) is 34.2 Å². The Hall–Kier alpha value is -1.73. The van der Waals surface area contributed by atoms with Crippen LogP contribution in [-0.2, 0) is 16.0 Å². The molecule has 1 atom stereocenters. The van der Waals surface area contributed by atoms with Crippen LogP contribution < -0.4 is 0 Å². The van der Waals surface area contributed by atoms with Crippen molar-refractivity contribution in [3.8, 4) is 0 Å². The first-order valence-electron chi connectivity index (χ1n) is 7.43. The molecule has 1 unspecified atom stereocenters. The highest BCUT2D eigenvalue weighted by Crippen LogP contribution is 2.24. The smallest absolute Gasteiger partial charge is 0.241 e. The molecule has 0 bridgehead atoms. The molecule has 0 N–H and O–H groups in total. The van der Waals surface area contributed by atoms with Crippen LogP contribution in [0.2, 0.25) is 0 Å². The lowest BCUT2D eigenvalue weighted by atomic mass is 10.1. The fourth-order valence-electron chi connectivity index (χ4n) is 2.57. The Balaban J connectivity index is 1.59. The summed E-state index contributed by atoms with van der Waals surface area (Å²) in [6, 6.07) is 3.88. The summed E-state index contributed by atoms with van der Waals surface area (Å²) >= 11 is 1.73. The highest BCUT2D eigenvalue weighted by Gasteiger charge is 2.32. The molecule has 7 heteroatoms. The predicted octanol–water partition coefficient (Wildman–Crippen LogP) is 2.36. The Bertz CT molecular complexity index is 611. The van der Waals surface area contributed by atoms with E-state index in [0.717, 1.165) is 12.8 Å². The average Bonchev–Trinajstić information content (AvgIpc) is 3.19. The van der Waals surface area contributed by atoms with E-state index in [1.165, 1.54) is 4.88 Å². The van der Waals surface area contributed by atoms with Gasteiger partial charge in [0.1, 0.15) is 6.04 Å². The maximum atomic E-state index is 12.5. The van der Waals surface area contributed by atoms with E-state index < -0.39 is 0 Å². The van der Waals surface area contributed by atoms with Crippen LogP contribution >= 0.6 is 11.3 Å². The quantitative estimate of drug-likeness (QED) is 0.845. The molecular formula is C15H19N3O3S. The van der Waals surface area contributed by atoms with Crippen molar-refractivity contribution in [1.82, 2.24) is 15.1 Å². The number of rotatable bonds is 5. The van der Waals surface area contributed by atoms with Gasteiger partial charge < -0.3 is 14.1 Å². The van der Waals surface area contributed by atoms with Crippen molar-refractivity contribution in [3.63, 3.8) is 0 Å². The van der Waals surface area contributed by atoms with Crippen LogP contribution in [0.1, 0.15) is 35.5 Å². The lowest BCUT2D eigenvalue weighted by Crippen LogP contribution is -2.43. The van der Waals surface area contributed by atoms with Crippen molar-refractivity contribution in [2.75, 3.05) is 19.8 Å². The van der Waals surface area contributed by atoms with Crippen molar-refractivity contribution < 1.29 is 13.9 Å². The van der Waals surface area contributed by atoms with Gasteiger partial charge in [-0.15, -0.1) is 21.5 Å². The number of carbonyl (C=O) groups excluding carboxylic acids is 1. The Kier molecular flexibility index (Phi) is 4.84. The summed E-state index contributed by atoms with van der Waals surface area (Å²) in [5, 5.41) is 9.94. The van der Waals surface area contributed by atoms with Crippen molar-refractivity contribution in [2.45, 2.75) is 32.2 Å². The van der Waals surface area contributed by atoms with Crippen LogP contribution in [0.3, 0.4) is 0 Å². The zero-order chi connectivity index (χ0) is 15.4. The molecule has 0 spiro atoms. The number of ether oxygens (including phenoxy) is 1. The summed E-state index contributed by atoms with van der Waals surface area (Å²) in [4.78, 5) is 15.6. The van der Waals surface area contributed by atoms with Crippen LogP contribution in [-0.4, -0.2) is 40.8 Å². The van der Waals surface area contributed by atoms with Gasteiger partial charge in [0.05, 0.1) is 13.2 Å². The third-order valence-corrected chi connectivity index (χ3v) is 4.61. The minimum Gasteiger partial charge on any atom is -0.423 e. The standard InChI is InChI=1S/C15H19N3O3S/c1-11-16-17-15(21-11)13-10-20-8-7-18(13)14(19)6-2-4-12-5-3-9-22-12/h3,5,9,13H,2,4,6-8,10H2,1H3. The van der Waals surface area contributed by atoms with Gasteiger partial charge in [-0.1, -0.05) is 6.07 Å². The molecule has 0 radical (unpaired) electrons. The van der Waals surface area contributed by atoms with Gasteiger partial charge in [0.25, 0.3) is 0 Å². The van der Waals surface area contributed by atoms with Crippen LogP contribution in [0.25, 0.3) is 0 Å². The van der Waals surface area contributed by atoms with Gasteiger partial charge in [-0.2, -0.15) is 0 Å². The third-order valence-electron chi connectivity index (χ3n) is 3.67. The van der Waals surface area contributed by atoms with Gasteiger partial charge in [-0.3, -0.25) is 4.79 Å². The molecule has 6 nitrogen and oxygen atoms in total. The van der Waals surface area contributed by atoms with E-state index in [0.29, 0.717) is 38.0 Å². The molecule has 0 aliphatic carbocycles. The maximum absolute atomic E-state index is 12.5. The largest absolute Gasteiger partial charge is 0.423 e. The summed E-state index contributed by atoms with van der Waals surface area (Å²) in [6.45, 7) is 3.29. The highest BCUT2D eigenvalue weighted by molar-refractivity contribution is 7.09. The number of carbonyl (C=O) groups is 1. The first-order valence-corrected chi connectivity index (χ1v) is 8.31. The second-order valence-electron chi connectivity index (χ2n) is 5.27. The van der Waals surface area contributed by atoms with E-state index in [4.69, 9.17) is 9.15 Å². The number of aryl methyl sites for hydroxylation is 2. The molecule has 1 amide bonds. The first kappa shape index (κ1) is 15.2. The predicted molar refractivity (Wildman–Crippen MR) is 81.6 cm³/mol. The molecule has 3 rings (SSSR count). The number of hydrogen-bond donors (Lipinski definition) is 0. The van der Waals surface area contributed by atoms with Gasteiger partial charge in [0, 0.05) is 24.8 Å². The van der Waals surface area contributed by atoms with Crippen molar-refractivity contribution in [1.29, 1.82) is 0 Å². The molecule has 2 aromatic heterocycles. The van der Waals surface area contributed by atoms with Crippen molar-refractivity contribution >= 4 is 17.2 Å². The number of morpholine rings is 1. The molecular weight excluding hydrogens is 302 g/mol. The SMILES string of the molecule is Cc1nnc(C2COCCN2C(=O)CCCc2cccs2)o1. The first-order chi connectivity index (χ1) is 10.7. The fourth-order valence-corrected chi connectivity index (χ4v) is 3.32. The molecule has 0 aromatic carbocycles. The van der Waals surface area contributed by atoms with Gasteiger partial charge in [0.15, 0.2) is 0 Å². The van der Waals surface area contributed by atoms with Crippen LogP contribution in [0.15, 0.2) is 21.9 Å². The molecule has 1 saturated heterocycles. The van der Waals surface area contributed by atoms with Gasteiger partial charge >= 0.3 is 0 Å².